The molecule has 3 nitrogen and oxygen atoms in total. The maximum absolute atomic E-state index is 12.9. The van der Waals surface area contributed by atoms with Gasteiger partial charge in [0.15, 0.2) is 5.78 Å². The first-order chi connectivity index (χ1) is 13.7. The summed E-state index contributed by atoms with van der Waals surface area (Å²) in [6, 6.07) is 29.2. The summed E-state index contributed by atoms with van der Waals surface area (Å²) in [6.45, 7) is 1.11. The molecule has 0 aliphatic rings. The van der Waals surface area contributed by atoms with Crippen molar-refractivity contribution in [3.63, 3.8) is 0 Å². The van der Waals surface area contributed by atoms with Crippen molar-refractivity contribution in [3.05, 3.63) is 108 Å². The van der Waals surface area contributed by atoms with Crippen LogP contribution in [0.4, 0.5) is 0 Å². The number of thioether (sulfide) groups is 1. The highest BCUT2D eigenvalue weighted by molar-refractivity contribution is 8.00. The fraction of sp³-hybridized carbons (Fsp3) is 0.167. The number of carbonyl (C=O) groups is 2. The third-order valence-corrected chi connectivity index (χ3v) is 5.26. The molecule has 0 spiro atoms. The third kappa shape index (κ3) is 6.10. The van der Waals surface area contributed by atoms with Crippen LogP contribution in [0.1, 0.15) is 21.5 Å². The summed E-state index contributed by atoms with van der Waals surface area (Å²) in [5, 5.41) is 0. The monoisotopic (exact) mass is 389 g/mol. The molecular weight excluding hydrogens is 366 g/mol. The van der Waals surface area contributed by atoms with E-state index in [1.807, 2.05) is 95.9 Å². The summed E-state index contributed by atoms with van der Waals surface area (Å²) in [4.78, 5) is 26.9. The van der Waals surface area contributed by atoms with E-state index in [1.165, 1.54) is 11.8 Å². The van der Waals surface area contributed by atoms with Gasteiger partial charge in [0.2, 0.25) is 5.91 Å². The molecule has 28 heavy (non-hydrogen) atoms. The van der Waals surface area contributed by atoms with E-state index in [4.69, 9.17) is 0 Å². The standard InChI is InChI=1S/C24H23NO2S/c26-23(22-14-8-3-9-15-22)18-28-19-24(27)25(16-20-10-4-1-5-11-20)17-21-12-6-2-7-13-21/h1-15H,16-19H2. The molecule has 0 heterocycles. The molecule has 0 saturated heterocycles. The van der Waals surface area contributed by atoms with Gasteiger partial charge in [-0.15, -0.1) is 11.8 Å². The van der Waals surface area contributed by atoms with Gasteiger partial charge in [-0.05, 0) is 11.1 Å². The average molecular weight is 390 g/mol. The van der Waals surface area contributed by atoms with E-state index < -0.39 is 0 Å². The Morgan fingerprint density at radius 2 is 1.11 bits per heavy atom. The summed E-state index contributed by atoms with van der Waals surface area (Å²) >= 11 is 1.37. The second kappa shape index (κ2) is 10.5. The van der Waals surface area contributed by atoms with Crippen molar-refractivity contribution < 1.29 is 9.59 Å². The van der Waals surface area contributed by atoms with Crippen molar-refractivity contribution in [3.8, 4) is 0 Å². The lowest BCUT2D eigenvalue weighted by atomic mass is 10.1. The number of hydrogen-bond donors (Lipinski definition) is 0. The maximum Gasteiger partial charge on any atom is 0.233 e. The highest BCUT2D eigenvalue weighted by atomic mass is 32.2. The highest BCUT2D eigenvalue weighted by Crippen LogP contribution is 2.14. The Bertz CT molecular complexity index is 841. The molecule has 0 aromatic heterocycles. The first kappa shape index (κ1) is 19.9. The Hall–Kier alpha value is -2.85. The van der Waals surface area contributed by atoms with Crippen molar-refractivity contribution >= 4 is 23.5 Å². The Kier molecular flexibility index (Phi) is 7.44. The average Bonchev–Trinajstić information content (AvgIpc) is 2.75. The summed E-state index contributed by atoms with van der Waals surface area (Å²) in [5.74, 6) is 0.688. The molecule has 0 aliphatic heterocycles. The van der Waals surface area contributed by atoms with E-state index >= 15 is 0 Å². The molecule has 3 aromatic carbocycles. The van der Waals surface area contributed by atoms with Crippen LogP contribution < -0.4 is 0 Å². The lowest BCUT2D eigenvalue weighted by Crippen LogP contribution is -2.31. The molecule has 0 fully saturated rings. The number of rotatable bonds is 9. The van der Waals surface area contributed by atoms with E-state index in [2.05, 4.69) is 0 Å². The second-order valence-electron chi connectivity index (χ2n) is 6.50. The van der Waals surface area contributed by atoms with Crippen molar-refractivity contribution in [2.45, 2.75) is 13.1 Å². The molecule has 3 rings (SSSR count). The molecule has 0 saturated carbocycles. The molecule has 4 heteroatoms. The van der Waals surface area contributed by atoms with Gasteiger partial charge in [0.1, 0.15) is 0 Å². The molecule has 0 N–H and O–H groups in total. The largest absolute Gasteiger partial charge is 0.333 e. The zero-order valence-electron chi connectivity index (χ0n) is 15.7. The molecule has 0 aliphatic carbocycles. The smallest absolute Gasteiger partial charge is 0.233 e. The van der Waals surface area contributed by atoms with Crippen LogP contribution in [0.25, 0.3) is 0 Å². The topological polar surface area (TPSA) is 37.4 Å². The molecular formula is C24H23NO2S. The minimum Gasteiger partial charge on any atom is -0.333 e. The number of amides is 1. The first-order valence-corrected chi connectivity index (χ1v) is 10.4. The summed E-state index contributed by atoms with van der Waals surface area (Å²) in [6.07, 6.45) is 0. The predicted octanol–water partition coefficient (Wildman–Crippen LogP) is 4.83. The van der Waals surface area contributed by atoms with Crippen molar-refractivity contribution in [1.82, 2.24) is 4.90 Å². The van der Waals surface area contributed by atoms with Crippen LogP contribution in [0.2, 0.25) is 0 Å². The van der Waals surface area contributed by atoms with Gasteiger partial charge in [-0.3, -0.25) is 9.59 Å². The van der Waals surface area contributed by atoms with E-state index in [0.717, 1.165) is 11.1 Å². The number of benzene rings is 3. The van der Waals surface area contributed by atoms with Gasteiger partial charge in [0.25, 0.3) is 0 Å². The van der Waals surface area contributed by atoms with E-state index in [-0.39, 0.29) is 17.4 Å². The summed E-state index contributed by atoms with van der Waals surface area (Å²) in [5.41, 5.74) is 2.88. The fourth-order valence-corrected chi connectivity index (χ4v) is 3.68. The zero-order chi connectivity index (χ0) is 19.6. The maximum atomic E-state index is 12.9. The zero-order valence-corrected chi connectivity index (χ0v) is 16.5. The van der Waals surface area contributed by atoms with Crippen LogP contribution in [-0.4, -0.2) is 28.1 Å². The molecule has 0 atom stereocenters. The molecule has 0 bridgehead atoms. The Labute approximate surface area is 170 Å². The van der Waals surface area contributed by atoms with Gasteiger partial charge >= 0.3 is 0 Å². The number of Topliss-reactive ketones (excluding diaryl/α,β-unsaturated/α-hetero) is 1. The van der Waals surface area contributed by atoms with Gasteiger partial charge in [-0.25, -0.2) is 0 Å². The molecule has 142 valence electrons. The Morgan fingerprint density at radius 3 is 1.61 bits per heavy atom. The predicted molar refractivity (Wildman–Crippen MR) is 115 cm³/mol. The van der Waals surface area contributed by atoms with Gasteiger partial charge in [-0.2, -0.15) is 0 Å². The van der Waals surface area contributed by atoms with Gasteiger partial charge < -0.3 is 4.90 Å². The van der Waals surface area contributed by atoms with Crippen LogP contribution in [-0.2, 0) is 17.9 Å². The third-order valence-electron chi connectivity index (χ3n) is 4.34. The van der Waals surface area contributed by atoms with E-state index in [0.29, 0.717) is 24.4 Å². The highest BCUT2D eigenvalue weighted by Gasteiger charge is 2.16. The second-order valence-corrected chi connectivity index (χ2v) is 7.49. The van der Waals surface area contributed by atoms with Crippen molar-refractivity contribution in [2.75, 3.05) is 11.5 Å². The summed E-state index contributed by atoms with van der Waals surface area (Å²) in [7, 11) is 0. The van der Waals surface area contributed by atoms with E-state index in [1.54, 1.807) is 0 Å². The normalized spacial score (nSPS) is 10.4. The van der Waals surface area contributed by atoms with Gasteiger partial charge in [0.05, 0.1) is 11.5 Å². The minimum atomic E-state index is 0.0403. The fourth-order valence-electron chi connectivity index (χ4n) is 2.87. The number of ketones is 1. The number of hydrogen-bond acceptors (Lipinski definition) is 3. The van der Waals surface area contributed by atoms with Crippen LogP contribution >= 0.6 is 11.8 Å². The Morgan fingerprint density at radius 1 is 0.643 bits per heavy atom. The SMILES string of the molecule is O=C(CSCC(=O)N(Cc1ccccc1)Cc1ccccc1)c1ccccc1. The molecule has 1 amide bonds. The quantitative estimate of drug-likeness (QED) is 0.492. The van der Waals surface area contributed by atoms with Gasteiger partial charge in [-0.1, -0.05) is 91.0 Å². The summed E-state index contributed by atoms with van der Waals surface area (Å²) < 4.78 is 0. The van der Waals surface area contributed by atoms with Crippen LogP contribution in [0.3, 0.4) is 0 Å². The van der Waals surface area contributed by atoms with Crippen LogP contribution in [0.5, 0.6) is 0 Å². The van der Waals surface area contributed by atoms with Gasteiger partial charge in [0, 0.05) is 18.7 Å². The number of carbonyl (C=O) groups excluding carboxylic acids is 2. The van der Waals surface area contributed by atoms with Crippen LogP contribution in [0.15, 0.2) is 91.0 Å². The molecule has 3 aromatic rings. The van der Waals surface area contributed by atoms with Crippen molar-refractivity contribution in [1.29, 1.82) is 0 Å². The minimum absolute atomic E-state index is 0.0403. The molecule has 0 radical (unpaired) electrons. The lowest BCUT2D eigenvalue weighted by molar-refractivity contribution is -0.129. The molecule has 0 unspecified atom stereocenters. The van der Waals surface area contributed by atoms with Crippen LogP contribution in [0, 0.1) is 0 Å². The first-order valence-electron chi connectivity index (χ1n) is 9.24. The van der Waals surface area contributed by atoms with E-state index in [9.17, 15) is 9.59 Å². The lowest BCUT2D eigenvalue weighted by Gasteiger charge is -2.23. The Balaban J connectivity index is 1.60. The number of nitrogens with zero attached hydrogens (tertiary/aromatic N) is 1. The van der Waals surface area contributed by atoms with Crippen molar-refractivity contribution in [2.24, 2.45) is 0 Å².